The van der Waals surface area contributed by atoms with Crippen molar-refractivity contribution >= 4 is 5.91 Å². The Hall–Kier alpha value is -0.870. The standard InChI is InChI=1S/C61H121NO3/c1-3-5-7-9-11-13-15-17-18-19-20-21-22-23-24-25-26-27-28-29-30-31-32-33-34-35-36-37-38-39-40-41-42-43-44-45-47-49-51-53-55-57-61(65)62-59(58-63)60(64)56-54-52-50-48-46-16-14-12-10-8-6-4-2/h19-20,59-60,63-64H,3-18,21-58H2,1-2H3,(H,62,65)/b20-19-. The van der Waals surface area contributed by atoms with Crippen LogP contribution in [0.15, 0.2) is 12.2 Å². The van der Waals surface area contributed by atoms with Crippen molar-refractivity contribution in [2.75, 3.05) is 6.61 Å². The molecule has 1 amide bonds. The van der Waals surface area contributed by atoms with Crippen LogP contribution in [0.5, 0.6) is 0 Å². The fraction of sp³-hybridized carbons (Fsp3) is 0.951. The number of aliphatic hydroxyl groups is 2. The molecule has 0 aliphatic rings. The van der Waals surface area contributed by atoms with Gasteiger partial charge in [-0.15, -0.1) is 0 Å². The van der Waals surface area contributed by atoms with Crippen LogP contribution in [-0.4, -0.2) is 34.9 Å². The number of unbranched alkanes of at least 4 members (excludes halogenated alkanes) is 48. The van der Waals surface area contributed by atoms with Gasteiger partial charge in [0.25, 0.3) is 0 Å². The van der Waals surface area contributed by atoms with Gasteiger partial charge in [-0.2, -0.15) is 0 Å². The van der Waals surface area contributed by atoms with Crippen LogP contribution in [0.3, 0.4) is 0 Å². The van der Waals surface area contributed by atoms with E-state index in [0.29, 0.717) is 12.8 Å². The summed E-state index contributed by atoms with van der Waals surface area (Å²) < 4.78 is 0. The second-order valence-electron chi connectivity index (χ2n) is 21.1. The van der Waals surface area contributed by atoms with E-state index in [0.717, 1.165) is 25.7 Å². The van der Waals surface area contributed by atoms with Gasteiger partial charge in [0.2, 0.25) is 5.91 Å². The normalized spacial score (nSPS) is 12.7. The molecule has 3 N–H and O–H groups in total. The first-order chi connectivity index (χ1) is 32.2. The van der Waals surface area contributed by atoms with Crippen LogP contribution >= 0.6 is 0 Å². The summed E-state index contributed by atoms with van der Waals surface area (Å²) in [6.07, 6.45) is 75.3. The van der Waals surface area contributed by atoms with Crippen molar-refractivity contribution in [1.82, 2.24) is 5.32 Å². The van der Waals surface area contributed by atoms with Crippen molar-refractivity contribution in [2.24, 2.45) is 0 Å². The molecule has 4 nitrogen and oxygen atoms in total. The molecular weight excluding hydrogens is 795 g/mol. The van der Waals surface area contributed by atoms with E-state index in [-0.39, 0.29) is 12.5 Å². The van der Waals surface area contributed by atoms with Crippen molar-refractivity contribution in [2.45, 2.75) is 366 Å². The minimum absolute atomic E-state index is 0.0244. The van der Waals surface area contributed by atoms with Crippen LogP contribution in [0.1, 0.15) is 354 Å². The molecule has 4 heteroatoms. The van der Waals surface area contributed by atoms with Gasteiger partial charge in [0.1, 0.15) is 0 Å². The minimum atomic E-state index is -0.654. The Morgan fingerprint density at radius 2 is 0.585 bits per heavy atom. The number of aliphatic hydroxyl groups excluding tert-OH is 2. The highest BCUT2D eigenvalue weighted by Gasteiger charge is 2.20. The summed E-state index contributed by atoms with van der Waals surface area (Å²) in [5.41, 5.74) is 0. The maximum Gasteiger partial charge on any atom is 0.220 e. The summed E-state index contributed by atoms with van der Waals surface area (Å²) in [5.74, 6) is -0.0244. The quantitative estimate of drug-likeness (QED) is 0.0421. The summed E-state index contributed by atoms with van der Waals surface area (Å²) in [6, 6.07) is -0.531. The maximum absolute atomic E-state index is 12.5. The summed E-state index contributed by atoms with van der Waals surface area (Å²) in [5, 5.41) is 23.2. The first kappa shape index (κ1) is 64.1. The van der Waals surface area contributed by atoms with Crippen molar-refractivity contribution in [1.29, 1.82) is 0 Å². The largest absolute Gasteiger partial charge is 0.394 e. The molecule has 2 atom stereocenters. The lowest BCUT2D eigenvalue weighted by atomic mass is 10.0. The molecule has 0 bridgehead atoms. The van der Waals surface area contributed by atoms with Crippen molar-refractivity contribution in [3.05, 3.63) is 12.2 Å². The number of carbonyl (C=O) groups is 1. The molecule has 0 radical (unpaired) electrons. The molecule has 0 aromatic heterocycles. The monoisotopic (exact) mass is 916 g/mol. The Kier molecular flexibility index (Phi) is 56.7. The molecule has 0 aromatic carbocycles. The Balaban J connectivity index is 3.30. The van der Waals surface area contributed by atoms with Crippen molar-refractivity contribution in [3.63, 3.8) is 0 Å². The van der Waals surface area contributed by atoms with E-state index < -0.39 is 12.1 Å². The molecule has 0 saturated carbocycles. The molecule has 0 rings (SSSR count). The Bertz CT molecular complexity index is 905. The Labute approximate surface area is 409 Å². The number of allylic oxidation sites excluding steroid dienone is 2. The molecular formula is C61H121NO3. The van der Waals surface area contributed by atoms with Crippen LogP contribution in [-0.2, 0) is 4.79 Å². The highest BCUT2D eigenvalue weighted by Crippen LogP contribution is 2.18. The topological polar surface area (TPSA) is 69.6 Å². The summed E-state index contributed by atoms with van der Waals surface area (Å²) in [6.45, 7) is 4.38. The zero-order chi connectivity index (χ0) is 47.0. The van der Waals surface area contributed by atoms with Gasteiger partial charge in [-0.05, 0) is 38.5 Å². The van der Waals surface area contributed by atoms with Gasteiger partial charge in [0.15, 0.2) is 0 Å². The molecule has 0 saturated heterocycles. The van der Waals surface area contributed by atoms with Gasteiger partial charge in [0.05, 0.1) is 18.8 Å². The number of hydrogen-bond donors (Lipinski definition) is 3. The average molecular weight is 917 g/mol. The lowest BCUT2D eigenvalue weighted by Crippen LogP contribution is -2.45. The van der Waals surface area contributed by atoms with Crippen LogP contribution in [0.2, 0.25) is 0 Å². The second-order valence-corrected chi connectivity index (χ2v) is 21.1. The summed E-state index contributed by atoms with van der Waals surface area (Å²) >= 11 is 0. The Morgan fingerprint density at radius 3 is 0.846 bits per heavy atom. The van der Waals surface area contributed by atoms with E-state index >= 15 is 0 Å². The molecule has 0 fully saturated rings. The van der Waals surface area contributed by atoms with Gasteiger partial charge in [-0.1, -0.05) is 321 Å². The van der Waals surface area contributed by atoms with Crippen molar-refractivity contribution in [3.8, 4) is 0 Å². The van der Waals surface area contributed by atoms with E-state index in [1.165, 1.54) is 302 Å². The zero-order valence-electron chi connectivity index (χ0n) is 44.8. The summed E-state index contributed by atoms with van der Waals surface area (Å²) in [7, 11) is 0. The number of amides is 1. The van der Waals surface area contributed by atoms with Crippen LogP contribution in [0, 0.1) is 0 Å². The fourth-order valence-electron chi connectivity index (χ4n) is 9.89. The maximum atomic E-state index is 12.5. The number of nitrogens with one attached hydrogen (secondary N) is 1. The molecule has 0 aliphatic heterocycles. The van der Waals surface area contributed by atoms with Gasteiger partial charge in [-0.25, -0.2) is 0 Å². The third-order valence-corrected chi connectivity index (χ3v) is 14.5. The average Bonchev–Trinajstić information content (AvgIpc) is 3.31. The molecule has 0 heterocycles. The molecule has 65 heavy (non-hydrogen) atoms. The molecule has 388 valence electrons. The van der Waals surface area contributed by atoms with Gasteiger partial charge in [0, 0.05) is 6.42 Å². The van der Waals surface area contributed by atoms with E-state index in [9.17, 15) is 15.0 Å². The SMILES string of the molecule is CCCCCCCCCC/C=C\CCCCCCCCCCCCCCCCCCCCCCCCCCCCCCCC(=O)NC(CO)C(O)CCCCCCCCCCCCCC. The molecule has 0 spiro atoms. The molecule has 0 aromatic rings. The van der Waals surface area contributed by atoms with Gasteiger partial charge >= 0.3 is 0 Å². The molecule has 0 aliphatic carbocycles. The third-order valence-electron chi connectivity index (χ3n) is 14.5. The van der Waals surface area contributed by atoms with E-state index in [1.54, 1.807) is 0 Å². The van der Waals surface area contributed by atoms with Crippen LogP contribution in [0.25, 0.3) is 0 Å². The van der Waals surface area contributed by atoms with Gasteiger partial charge < -0.3 is 15.5 Å². The fourth-order valence-corrected chi connectivity index (χ4v) is 9.89. The highest BCUT2D eigenvalue weighted by atomic mass is 16.3. The molecule has 2 unspecified atom stereocenters. The minimum Gasteiger partial charge on any atom is -0.394 e. The van der Waals surface area contributed by atoms with E-state index in [1.807, 2.05) is 0 Å². The predicted molar refractivity (Wildman–Crippen MR) is 290 cm³/mol. The number of hydrogen-bond acceptors (Lipinski definition) is 3. The van der Waals surface area contributed by atoms with Crippen molar-refractivity contribution < 1.29 is 15.0 Å². The van der Waals surface area contributed by atoms with Crippen LogP contribution < -0.4 is 5.32 Å². The highest BCUT2D eigenvalue weighted by molar-refractivity contribution is 5.76. The zero-order valence-corrected chi connectivity index (χ0v) is 44.8. The number of carbonyl (C=O) groups excluding carboxylic acids is 1. The lowest BCUT2D eigenvalue weighted by Gasteiger charge is -2.22. The van der Waals surface area contributed by atoms with Gasteiger partial charge in [-0.3, -0.25) is 4.79 Å². The predicted octanol–water partition coefficient (Wildman–Crippen LogP) is 20.1. The smallest absolute Gasteiger partial charge is 0.220 e. The summed E-state index contributed by atoms with van der Waals surface area (Å²) in [4.78, 5) is 12.5. The van der Waals surface area contributed by atoms with E-state index in [2.05, 4.69) is 31.3 Å². The Morgan fingerprint density at radius 1 is 0.354 bits per heavy atom. The number of rotatable bonds is 57. The first-order valence-electron chi connectivity index (χ1n) is 30.4. The third kappa shape index (κ3) is 53.9. The van der Waals surface area contributed by atoms with E-state index in [4.69, 9.17) is 0 Å². The first-order valence-corrected chi connectivity index (χ1v) is 30.4. The second kappa shape index (κ2) is 57.4. The lowest BCUT2D eigenvalue weighted by molar-refractivity contribution is -0.123. The van der Waals surface area contributed by atoms with Crippen LogP contribution in [0.4, 0.5) is 0 Å².